The van der Waals surface area contributed by atoms with Crippen LogP contribution in [0.1, 0.15) is 16.1 Å². The molecule has 0 aliphatic carbocycles. The molecule has 0 unspecified atom stereocenters. The second kappa shape index (κ2) is 5.07. The van der Waals surface area contributed by atoms with Crippen LogP contribution < -0.4 is 5.43 Å². The van der Waals surface area contributed by atoms with Crippen LogP contribution in [-0.2, 0) is 0 Å². The number of nitrogens with zero attached hydrogens (tertiary/aromatic N) is 1. The number of rotatable bonds is 3. The number of aromatic amines is 1. The van der Waals surface area contributed by atoms with E-state index in [-0.39, 0.29) is 5.56 Å². The molecule has 0 aliphatic heterocycles. The zero-order valence-corrected chi connectivity index (χ0v) is 8.85. The Morgan fingerprint density at radius 3 is 2.94 bits per heavy atom. The van der Waals surface area contributed by atoms with Gasteiger partial charge < -0.3 is 4.98 Å². The number of carbonyl (C=O) groups excluding carboxylic acids is 1. The van der Waals surface area contributed by atoms with Crippen molar-refractivity contribution in [1.29, 1.82) is 0 Å². The van der Waals surface area contributed by atoms with E-state index < -0.39 is 11.7 Å². The molecule has 5 heteroatoms. The van der Waals surface area contributed by atoms with Crippen molar-refractivity contribution in [1.82, 2.24) is 10.4 Å². The monoisotopic (exact) mass is 231 g/mol. The lowest BCUT2D eigenvalue weighted by molar-refractivity contribution is 0.0954. The van der Waals surface area contributed by atoms with E-state index in [2.05, 4.69) is 15.5 Å². The smallest absolute Gasteiger partial charge is 0.271 e. The van der Waals surface area contributed by atoms with Gasteiger partial charge in [-0.05, 0) is 30.3 Å². The molecule has 17 heavy (non-hydrogen) atoms. The number of hydrogen-bond donors (Lipinski definition) is 2. The third-order valence-corrected chi connectivity index (χ3v) is 2.08. The standard InChI is InChI=1S/C12H10FN3O/c13-10-4-1-3-9(7-10)12(17)16-15-8-11-5-2-6-14-11/h1-8,14H,(H,16,17)/b15-8+. The van der Waals surface area contributed by atoms with E-state index in [9.17, 15) is 9.18 Å². The van der Waals surface area contributed by atoms with Gasteiger partial charge >= 0.3 is 0 Å². The van der Waals surface area contributed by atoms with Crippen LogP contribution in [0.25, 0.3) is 0 Å². The summed E-state index contributed by atoms with van der Waals surface area (Å²) in [6, 6.07) is 9.04. The highest BCUT2D eigenvalue weighted by molar-refractivity contribution is 5.94. The molecule has 0 saturated heterocycles. The molecule has 2 rings (SSSR count). The van der Waals surface area contributed by atoms with Crippen molar-refractivity contribution in [2.24, 2.45) is 5.10 Å². The van der Waals surface area contributed by atoms with E-state index in [4.69, 9.17) is 0 Å². The van der Waals surface area contributed by atoms with Gasteiger partial charge in [-0.25, -0.2) is 9.82 Å². The number of nitrogens with one attached hydrogen (secondary N) is 2. The largest absolute Gasteiger partial charge is 0.360 e. The van der Waals surface area contributed by atoms with Crippen LogP contribution in [0, 0.1) is 5.82 Å². The van der Waals surface area contributed by atoms with Crippen LogP contribution in [-0.4, -0.2) is 17.1 Å². The van der Waals surface area contributed by atoms with Crippen molar-refractivity contribution >= 4 is 12.1 Å². The van der Waals surface area contributed by atoms with Crippen LogP contribution in [0.5, 0.6) is 0 Å². The van der Waals surface area contributed by atoms with Crippen molar-refractivity contribution in [3.05, 3.63) is 59.7 Å². The molecule has 4 nitrogen and oxygen atoms in total. The van der Waals surface area contributed by atoms with Crippen molar-refractivity contribution in [2.75, 3.05) is 0 Å². The summed E-state index contributed by atoms with van der Waals surface area (Å²) < 4.78 is 12.8. The van der Waals surface area contributed by atoms with Crippen LogP contribution in [0.2, 0.25) is 0 Å². The Labute approximate surface area is 97.2 Å². The SMILES string of the molecule is O=C(N/N=C/c1ccc[nH]1)c1cccc(F)c1. The fourth-order valence-electron chi connectivity index (χ4n) is 1.28. The molecule has 2 aromatic rings. The number of carbonyl (C=O) groups is 1. The minimum atomic E-state index is -0.453. The maximum Gasteiger partial charge on any atom is 0.271 e. The van der Waals surface area contributed by atoms with Gasteiger partial charge in [-0.1, -0.05) is 6.07 Å². The number of H-pyrrole nitrogens is 1. The maximum absolute atomic E-state index is 12.8. The fourth-order valence-corrected chi connectivity index (χ4v) is 1.28. The van der Waals surface area contributed by atoms with E-state index in [0.29, 0.717) is 0 Å². The Kier molecular flexibility index (Phi) is 3.30. The second-order valence-corrected chi connectivity index (χ2v) is 3.33. The molecule has 86 valence electrons. The van der Waals surface area contributed by atoms with Crippen molar-refractivity contribution in [3.8, 4) is 0 Å². The van der Waals surface area contributed by atoms with Crippen molar-refractivity contribution < 1.29 is 9.18 Å². The Balaban J connectivity index is 1.98. The molecule has 0 aliphatic rings. The summed E-state index contributed by atoms with van der Waals surface area (Å²) in [6.07, 6.45) is 3.22. The highest BCUT2D eigenvalue weighted by Crippen LogP contribution is 2.02. The van der Waals surface area contributed by atoms with E-state index in [1.807, 2.05) is 6.07 Å². The summed E-state index contributed by atoms with van der Waals surface area (Å²) in [5.41, 5.74) is 3.31. The summed E-state index contributed by atoms with van der Waals surface area (Å²) >= 11 is 0. The Morgan fingerprint density at radius 2 is 2.24 bits per heavy atom. The summed E-state index contributed by atoms with van der Waals surface area (Å²) in [6.45, 7) is 0. The Bertz CT molecular complexity index is 534. The lowest BCUT2D eigenvalue weighted by Gasteiger charge is -1.98. The first-order valence-corrected chi connectivity index (χ1v) is 4.98. The van der Waals surface area contributed by atoms with Gasteiger partial charge in [0.1, 0.15) is 5.82 Å². The molecule has 0 spiro atoms. The molecule has 1 amide bonds. The molecule has 0 saturated carbocycles. The van der Waals surface area contributed by atoms with E-state index >= 15 is 0 Å². The molecular formula is C12H10FN3O. The molecule has 1 aromatic carbocycles. The van der Waals surface area contributed by atoms with Gasteiger partial charge in [0.2, 0.25) is 0 Å². The molecule has 0 fully saturated rings. The highest BCUT2D eigenvalue weighted by atomic mass is 19.1. The number of hydrazone groups is 1. The molecule has 0 radical (unpaired) electrons. The summed E-state index contributed by atoms with van der Waals surface area (Å²) in [7, 11) is 0. The third kappa shape index (κ3) is 3.01. The molecule has 1 heterocycles. The topological polar surface area (TPSA) is 57.2 Å². The maximum atomic E-state index is 12.8. The van der Waals surface area contributed by atoms with E-state index in [1.54, 1.807) is 12.3 Å². The predicted molar refractivity (Wildman–Crippen MR) is 62.3 cm³/mol. The normalized spacial score (nSPS) is 10.6. The van der Waals surface area contributed by atoms with E-state index in [0.717, 1.165) is 11.8 Å². The molecule has 1 aromatic heterocycles. The van der Waals surface area contributed by atoms with E-state index in [1.165, 1.54) is 24.4 Å². The summed E-state index contributed by atoms with van der Waals surface area (Å²) in [5, 5.41) is 3.74. The Hall–Kier alpha value is -2.43. The number of amides is 1. The average molecular weight is 231 g/mol. The molecule has 2 N–H and O–H groups in total. The number of aromatic nitrogens is 1. The Morgan fingerprint density at radius 1 is 1.35 bits per heavy atom. The van der Waals surface area contributed by atoms with Gasteiger partial charge in [-0.3, -0.25) is 4.79 Å². The van der Waals surface area contributed by atoms with Crippen molar-refractivity contribution in [2.45, 2.75) is 0 Å². The minimum Gasteiger partial charge on any atom is -0.360 e. The third-order valence-electron chi connectivity index (χ3n) is 2.08. The second-order valence-electron chi connectivity index (χ2n) is 3.33. The molecule has 0 bridgehead atoms. The van der Waals surface area contributed by atoms with Gasteiger partial charge in [0.05, 0.1) is 11.9 Å². The van der Waals surface area contributed by atoms with Crippen molar-refractivity contribution in [3.63, 3.8) is 0 Å². The van der Waals surface area contributed by atoms with Crippen LogP contribution in [0.3, 0.4) is 0 Å². The first kappa shape index (κ1) is 11.1. The first-order valence-electron chi connectivity index (χ1n) is 4.98. The zero-order chi connectivity index (χ0) is 12.1. The van der Waals surface area contributed by atoms with Gasteiger partial charge in [0, 0.05) is 11.8 Å². The van der Waals surface area contributed by atoms with Gasteiger partial charge in [-0.15, -0.1) is 0 Å². The van der Waals surface area contributed by atoms with Gasteiger partial charge in [0.25, 0.3) is 5.91 Å². The lowest BCUT2D eigenvalue weighted by Crippen LogP contribution is -2.17. The summed E-state index contributed by atoms with van der Waals surface area (Å²) in [4.78, 5) is 14.4. The molecular weight excluding hydrogens is 221 g/mol. The first-order chi connectivity index (χ1) is 8.25. The highest BCUT2D eigenvalue weighted by Gasteiger charge is 2.04. The predicted octanol–water partition coefficient (Wildman–Crippen LogP) is 1.92. The van der Waals surface area contributed by atoms with Crippen LogP contribution in [0.15, 0.2) is 47.7 Å². The van der Waals surface area contributed by atoms with Crippen LogP contribution >= 0.6 is 0 Å². The van der Waals surface area contributed by atoms with Gasteiger partial charge in [0.15, 0.2) is 0 Å². The lowest BCUT2D eigenvalue weighted by atomic mass is 10.2. The summed E-state index contributed by atoms with van der Waals surface area (Å²) in [5.74, 6) is -0.904. The van der Waals surface area contributed by atoms with Gasteiger partial charge in [-0.2, -0.15) is 5.10 Å². The fraction of sp³-hybridized carbons (Fsp3) is 0. The average Bonchev–Trinajstić information content (AvgIpc) is 2.82. The quantitative estimate of drug-likeness (QED) is 0.615. The number of benzene rings is 1. The van der Waals surface area contributed by atoms with Crippen LogP contribution in [0.4, 0.5) is 4.39 Å². The number of halogens is 1. The zero-order valence-electron chi connectivity index (χ0n) is 8.85. The minimum absolute atomic E-state index is 0.230. The molecule has 0 atom stereocenters. The number of hydrogen-bond acceptors (Lipinski definition) is 2.